The minimum absolute atomic E-state index is 0.0330. The molecule has 206 valence electrons. The van der Waals surface area contributed by atoms with Crippen LogP contribution in [0.1, 0.15) is 42.6 Å². The maximum Gasteiger partial charge on any atom is 0.416 e. The molecule has 3 rings (SSSR count). The normalized spacial score (nSPS) is 15.1. The first kappa shape index (κ1) is 30.2. The van der Waals surface area contributed by atoms with E-state index in [0.29, 0.717) is 36.0 Å². The zero-order valence-corrected chi connectivity index (χ0v) is 22.1. The van der Waals surface area contributed by atoms with Gasteiger partial charge in [-0.25, -0.2) is 0 Å². The fourth-order valence-corrected chi connectivity index (χ4v) is 3.39. The molecular formula is C27H37F3N2O5. The van der Waals surface area contributed by atoms with Crippen molar-refractivity contribution >= 4 is 5.91 Å². The van der Waals surface area contributed by atoms with E-state index in [1.807, 2.05) is 13.8 Å². The van der Waals surface area contributed by atoms with Gasteiger partial charge in [0.1, 0.15) is 11.9 Å². The van der Waals surface area contributed by atoms with Gasteiger partial charge >= 0.3 is 6.18 Å². The van der Waals surface area contributed by atoms with Crippen molar-refractivity contribution < 1.29 is 36.9 Å². The summed E-state index contributed by atoms with van der Waals surface area (Å²) in [7, 11) is 5.02. The van der Waals surface area contributed by atoms with Gasteiger partial charge in [0.25, 0.3) is 5.91 Å². The largest absolute Gasteiger partial charge is 0.493 e. The van der Waals surface area contributed by atoms with Gasteiger partial charge in [0.15, 0.2) is 11.5 Å². The Kier molecular flexibility index (Phi) is 12.0. The van der Waals surface area contributed by atoms with Crippen molar-refractivity contribution in [1.82, 2.24) is 10.2 Å². The standard InChI is InChI=1S/C16H25NO4.C11H12F3NO/c1-12(2)17(3)16(18)13-7-8-14(20-5)15(11-13)21-10-6-9-19-4;12-11(13,14)8-1-3-9(4-2-8)16-10-5-6-15-7-10/h7-8,11-12H,6,9-10H2,1-5H3;1-4,10,15H,5-7H2. The van der Waals surface area contributed by atoms with E-state index in [1.165, 1.54) is 12.1 Å². The van der Waals surface area contributed by atoms with E-state index in [0.717, 1.165) is 38.1 Å². The lowest BCUT2D eigenvalue weighted by Crippen LogP contribution is -2.32. The summed E-state index contributed by atoms with van der Waals surface area (Å²) in [5.74, 6) is 1.66. The van der Waals surface area contributed by atoms with Crippen LogP contribution in [0.5, 0.6) is 17.2 Å². The van der Waals surface area contributed by atoms with Crippen LogP contribution < -0.4 is 19.5 Å². The van der Waals surface area contributed by atoms with Gasteiger partial charge in [0, 0.05) is 45.3 Å². The topological polar surface area (TPSA) is 69.3 Å². The Morgan fingerprint density at radius 2 is 1.78 bits per heavy atom. The molecular weight excluding hydrogens is 489 g/mol. The second-order valence-electron chi connectivity index (χ2n) is 8.83. The number of nitrogens with one attached hydrogen (secondary N) is 1. The summed E-state index contributed by atoms with van der Waals surface area (Å²) in [6, 6.07) is 10.2. The number of halogens is 3. The molecule has 1 unspecified atom stereocenters. The number of ether oxygens (including phenoxy) is 4. The molecule has 37 heavy (non-hydrogen) atoms. The van der Waals surface area contributed by atoms with Gasteiger partial charge in [-0.05, 0) is 69.3 Å². The zero-order valence-electron chi connectivity index (χ0n) is 22.1. The van der Waals surface area contributed by atoms with Crippen LogP contribution in [-0.4, -0.2) is 70.5 Å². The third-order valence-electron chi connectivity index (χ3n) is 5.76. The summed E-state index contributed by atoms with van der Waals surface area (Å²) in [5, 5.41) is 3.12. The molecule has 0 aromatic heterocycles. The van der Waals surface area contributed by atoms with Crippen LogP contribution in [0.15, 0.2) is 42.5 Å². The molecule has 10 heteroatoms. The molecule has 1 N–H and O–H groups in total. The van der Waals surface area contributed by atoms with Crippen molar-refractivity contribution in [2.45, 2.75) is 45.0 Å². The second-order valence-corrected chi connectivity index (χ2v) is 8.83. The van der Waals surface area contributed by atoms with Gasteiger partial charge in [-0.15, -0.1) is 0 Å². The highest BCUT2D eigenvalue weighted by Gasteiger charge is 2.30. The van der Waals surface area contributed by atoms with E-state index in [-0.39, 0.29) is 18.1 Å². The molecule has 1 fully saturated rings. The van der Waals surface area contributed by atoms with Crippen LogP contribution in [0.2, 0.25) is 0 Å². The number of methoxy groups -OCH3 is 2. The van der Waals surface area contributed by atoms with Crippen molar-refractivity contribution in [2.24, 2.45) is 0 Å². The van der Waals surface area contributed by atoms with Crippen LogP contribution in [0.3, 0.4) is 0 Å². The third kappa shape index (κ3) is 9.77. The molecule has 0 radical (unpaired) electrons. The quantitative estimate of drug-likeness (QED) is 0.438. The van der Waals surface area contributed by atoms with Crippen LogP contribution in [0.4, 0.5) is 13.2 Å². The fraction of sp³-hybridized carbons (Fsp3) is 0.519. The van der Waals surface area contributed by atoms with Crippen molar-refractivity contribution in [3.05, 3.63) is 53.6 Å². The van der Waals surface area contributed by atoms with Crippen molar-refractivity contribution in [1.29, 1.82) is 0 Å². The van der Waals surface area contributed by atoms with Crippen LogP contribution in [0, 0.1) is 0 Å². The van der Waals surface area contributed by atoms with Crippen LogP contribution in [0.25, 0.3) is 0 Å². The molecule has 0 saturated carbocycles. The Bertz CT molecular complexity index is 962. The Labute approximate surface area is 216 Å². The van der Waals surface area contributed by atoms with E-state index in [4.69, 9.17) is 18.9 Å². The van der Waals surface area contributed by atoms with Gasteiger partial charge in [-0.1, -0.05) is 0 Å². The maximum absolute atomic E-state index is 12.3. The lowest BCUT2D eigenvalue weighted by atomic mass is 10.1. The summed E-state index contributed by atoms with van der Waals surface area (Å²) in [6.45, 7) is 6.75. The van der Waals surface area contributed by atoms with E-state index in [1.54, 1.807) is 44.4 Å². The van der Waals surface area contributed by atoms with E-state index < -0.39 is 11.7 Å². The van der Waals surface area contributed by atoms with Crippen molar-refractivity contribution in [2.75, 3.05) is 47.6 Å². The average Bonchev–Trinajstić information content (AvgIpc) is 3.39. The zero-order chi connectivity index (χ0) is 27.4. The van der Waals surface area contributed by atoms with E-state index in [2.05, 4.69) is 5.32 Å². The van der Waals surface area contributed by atoms with Crippen molar-refractivity contribution in [3.63, 3.8) is 0 Å². The number of alkyl halides is 3. The highest BCUT2D eigenvalue weighted by atomic mass is 19.4. The van der Waals surface area contributed by atoms with Crippen LogP contribution in [-0.2, 0) is 10.9 Å². The summed E-state index contributed by atoms with van der Waals surface area (Å²) in [5.41, 5.74) is -0.0573. The molecule has 1 saturated heterocycles. The molecule has 7 nitrogen and oxygen atoms in total. The molecule has 2 aromatic carbocycles. The first-order valence-electron chi connectivity index (χ1n) is 12.2. The molecule has 1 aliphatic rings. The molecule has 1 amide bonds. The average molecular weight is 527 g/mol. The molecule has 0 aliphatic carbocycles. The van der Waals surface area contributed by atoms with Crippen LogP contribution >= 0.6 is 0 Å². The number of carbonyl (C=O) groups is 1. The lowest BCUT2D eigenvalue weighted by molar-refractivity contribution is -0.137. The Morgan fingerprint density at radius 3 is 2.32 bits per heavy atom. The summed E-state index contributed by atoms with van der Waals surface area (Å²) in [4.78, 5) is 14.0. The number of rotatable bonds is 10. The first-order valence-corrected chi connectivity index (χ1v) is 12.2. The van der Waals surface area contributed by atoms with E-state index in [9.17, 15) is 18.0 Å². The number of amides is 1. The molecule has 1 atom stereocenters. The number of hydrogen-bond donors (Lipinski definition) is 1. The molecule has 0 spiro atoms. The van der Waals surface area contributed by atoms with Crippen molar-refractivity contribution in [3.8, 4) is 17.2 Å². The summed E-state index contributed by atoms with van der Waals surface area (Å²) in [6.07, 6.45) is -2.55. The number of hydrogen-bond acceptors (Lipinski definition) is 6. The number of carbonyl (C=O) groups excluding carboxylic acids is 1. The Morgan fingerprint density at radius 1 is 1.08 bits per heavy atom. The summed E-state index contributed by atoms with van der Waals surface area (Å²) >= 11 is 0. The Balaban J connectivity index is 0.000000269. The summed E-state index contributed by atoms with van der Waals surface area (Å²) < 4.78 is 58.3. The monoisotopic (exact) mass is 526 g/mol. The number of benzene rings is 2. The van der Waals surface area contributed by atoms with E-state index >= 15 is 0 Å². The minimum atomic E-state index is -4.28. The molecule has 2 aromatic rings. The van der Waals surface area contributed by atoms with Gasteiger partial charge in [0.05, 0.1) is 19.3 Å². The molecule has 0 bridgehead atoms. The van der Waals surface area contributed by atoms with Gasteiger partial charge in [0.2, 0.25) is 0 Å². The molecule has 1 aliphatic heterocycles. The maximum atomic E-state index is 12.3. The third-order valence-corrected chi connectivity index (χ3v) is 5.76. The Hall–Kier alpha value is -2.98. The second kappa shape index (κ2) is 14.7. The SMILES string of the molecule is COCCCOc1cc(C(=O)N(C)C(C)C)ccc1OC.FC(F)(F)c1ccc(OC2CCNC2)cc1. The lowest BCUT2D eigenvalue weighted by Gasteiger charge is -2.22. The van der Waals surface area contributed by atoms with Gasteiger partial charge < -0.3 is 29.2 Å². The predicted octanol–water partition coefficient (Wildman–Crippen LogP) is 5.04. The minimum Gasteiger partial charge on any atom is -0.493 e. The first-order chi connectivity index (χ1) is 17.6. The smallest absolute Gasteiger partial charge is 0.416 e. The van der Waals surface area contributed by atoms with Gasteiger partial charge in [-0.2, -0.15) is 13.2 Å². The highest BCUT2D eigenvalue weighted by molar-refractivity contribution is 5.94. The predicted molar refractivity (Wildman–Crippen MR) is 136 cm³/mol. The number of nitrogens with zero attached hydrogens (tertiary/aromatic N) is 1. The van der Waals surface area contributed by atoms with Gasteiger partial charge in [-0.3, -0.25) is 4.79 Å². The fourth-order valence-electron chi connectivity index (χ4n) is 3.39. The molecule has 1 heterocycles. The highest BCUT2D eigenvalue weighted by Crippen LogP contribution is 2.31.